The van der Waals surface area contributed by atoms with Crippen LogP contribution in [0.15, 0.2) is 58.4 Å². The van der Waals surface area contributed by atoms with E-state index in [9.17, 15) is 4.79 Å². The number of hydrogen-bond donors (Lipinski definition) is 0. The van der Waals surface area contributed by atoms with Gasteiger partial charge in [-0.2, -0.15) is 0 Å². The van der Waals surface area contributed by atoms with Crippen LogP contribution in [0.4, 0.5) is 11.4 Å². The van der Waals surface area contributed by atoms with Crippen molar-refractivity contribution in [1.82, 2.24) is 4.90 Å². The summed E-state index contributed by atoms with van der Waals surface area (Å²) in [6, 6.07) is 16.3. The first-order valence-corrected chi connectivity index (χ1v) is 12.4. The van der Waals surface area contributed by atoms with Crippen LogP contribution in [0.3, 0.4) is 0 Å². The Morgan fingerprint density at radius 3 is 2.67 bits per heavy atom. The second-order valence-electron chi connectivity index (χ2n) is 9.27. The molecule has 0 aliphatic carbocycles. The van der Waals surface area contributed by atoms with Gasteiger partial charge in [0.25, 0.3) is 5.91 Å². The number of methoxy groups -OCH3 is 1. The molecular formula is C27H33N3O2S. The van der Waals surface area contributed by atoms with E-state index in [2.05, 4.69) is 50.8 Å². The second-order valence-corrected chi connectivity index (χ2v) is 10.3. The van der Waals surface area contributed by atoms with Crippen LogP contribution in [0.1, 0.15) is 51.2 Å². The minimum Gasteiger partial charge on any atom is -0.383 e. The Balaban J connectivity index is 1.67. The van der Waals surface area contributed by atoms with E-state index in [1.165, 1.54) is 23.0 Å². The summed E-state index contributed by atoms with van der Waals surface area (Å²) in [5, 5.41) is 0.694. The van der Waals surface area contributed by atoms with Crippen LogP contribution in [0.2, 0.25) is 0 Å². The van der Waals surface area contributed by atoms with E-state index in [-0.39, 0.29) is 11.4 Å². The molecule has 1 saturated heterocycles. The number of hydrogen-bond acceptors (Lipinski definition) is 5. The summed E-state index contributed by atoms with van der Waals surface area (Å²) in [7, 11) is 1.65. The molecule has 5 nitrogen and oxygen atoms in total. The van der Waals surface area contributed by atoms with Crippen molar-refractivity contribution in [3.8, 4) is 0 Å². The standard InChI is InChI=1S/C27H33N3O2S/c1-6-30-23-13-12-20(16-22(23)19(2)18-27(30,3)4)17-24-25(31)29(14-15-32-5)26(33-24)28-21-10-8-7-9-11-21/h7-13,16-17,19H,6,14-15,18H2,1-5H3/b24-17-,28-26?/t19-/m0/s1. The molecule has 0 spiro atoms. The molecule has 0 radical (unpaired) electrons. The van der Waals surface area contributed by atoms with Gasteiger partial charge in [-0.05, 0) is 86.3 Å². The number of carbonyl (C=O) groups excluding carboxylic acids is 1. The maximum atomic E-state index is 13.2. The molecule has 1 atom stereocenters. The van der Waals surface area contributed by atoms with Gasteiger partial charge in [0, 0.05) is 24.9 Å². The molecular weight excluding hydrogens is 430 g/mol. The maximum Gasteiger partial charge on any atom is 0.266 e. The smallest absolute Gasteiger partial charge is 0.266 e. The molecule has 2 aromatic carbocycles. The van der Waals surface area contributed by atoms with Crippen LogP contribution in [-0.4, -0.2) is 48.3 Å². The van der Waals surface area contributed by atoms with E-state index in [1.54, 1.807) is 12.0 Å². The Kier molecular flexibility index (Phi) is 6.96. The number of anilines is 1. The molecule has 2 heterocycles. The number of thioether (sulfide) groups is 1. The van der Waals surface area contributed by atoms with Crippen molar-refractivity contribution < 1.29 is 9.53 Å². The molecule has 174 valence electrons. The van der Waals surface area contributed by atoms with Gasteiger partial charge in [-0.1, -0.05) is 31.2 Å². The predicted molar refractivity (Wildman–Crippen MR) is 139 cm³/mol. The van der Waals surface area contributed by atoms with Crippen molar-refractivity contribution >= 4 is 40.3 Å². The summed E-state index contributed by atoms with van der Waals surface area (Å²) in [4.78, 5) is 22.9. The molecule has 2 aliphatic heterocycles. The van der Waals surface area contributed by atoms with Gasteiger partial charge in [0.1, 0.15) is 0 Å². The Morgan fingerprint density at radius 2 is 1.97 bits per heavy atom. The van der Waals surface area contributed by atoms with Crippen LogP contribution < -0.4 is 4.90 Å². The third-order valence-electron chi connectivity index (χ3n) is 6.41. The number of aliphatic imine (C=N–C) groups is 1. The molecule has 0 aromatic heterocycles. The molecule has 0 unspecified atom stereocenters. The van der Waals surface area contributed by atoms with Crippen LogP contribution in [0, 0.1) is 0 Å². The number of nitrogens with zero attached hydrogens (tertiary/aromatic N) is 3. The minimum absolute atomic E-state index is 0.0196. The first-order valence-electron chi connectivity index (χ1n) is 11.6. The van der Waals surface area contributed by atoms with Gasteiger partial charge in [-0.3, -0.25) is 9.69 Å². The number of rotatable bonds is 6. The van der Waals surface area contributed by atoms with Crippen molar-refractivity contribution in [1.29, 1.82) is 0 Å². The van der Waals surface area contributed by atoms with E-state index in [0.717, 1.165) is 24.2 Å². The van der Waals surface area contributed by atoms with Crippen molar-refractivity contribution in [3.63, 3.8) is 0 Å². The largest absolute Gasteiger partial charge is 0.383 e. The quantitative estimate of drug-likeness (QED) is 0.489. The van der Waals surface area contributed by atoms with Gasteiger partial charge < -0.3 is 9.64 Å². The van der Waals surface area contributed by atoms with Crippen molar-refractivity contribution in [2.45, 2.75) is 45.6 Å². The van der Waals surface area contributed by atoms with E-state index < -0.39 is 0 Å². The van der Waals surface area contributed by atoms with Crippen LogP contribution in [0.5, 0.6) is 0 Å². The molecule has 2 aromatic rings. The van der Waals surface area contributed by atoms with Crippen LogP contribution in [-0.2, 0) is 9.53 Å². The van der Waals surface area contributed by atoms with Gasteiger partial charge in [-0.25, -0.2) is 4.99 Å². The highest BCUT2D eigenvalue weighted by atomic mass is 32.2. The number of amidine groups is 1. The highest BCUT2D eigenvalue weighted by Gasteiger charge is 2.36. The fourth-order valence-electron chi connectivity index (χ4n) is 4.93. The summed E-state index contributed by atoms with van der Waals surface area (Å²) in [5.74, 6) is 0.449. The molecule has 1 fully saturated rings. The van der Waals surface area contributed by atoms with E-state index >= 15 is 0 Å². The molecule has 0 saturated carbocycles. The molecule has 4 rings (SSSR count). The summed E-state index contributed by atoms with van der Waals surface area (Å²) in [5.41, 5.74) is 4.70. The molecule has 6 heteroatoms. The predicted octanol–water partition coefficient (Wildman–Crippen LogP) is 6.05. The number of fused-ring (bicyclic) bond motifs is 1. The SMILES string of the molecule is CCN1c2ccc(/C=C3\SC(=Nc4ccccc4)N(CCOC)C3=O)cc2[C@@H](C)CC1(C)C. The Hall–Kier alpha value is -2.57. The average Bonchev–Trinajstić information content (AvgIpc) is 3.07. The zero-order valence-corrected chi connectivity index (χ0v) is 21.0. The molecule has 0 bridgehead atoms. The lowest BCUT2D eigenvalue weighted by Gasteiger charge is -2.47. The van der Waals surface area contributed by atoms with E-state index in [1.807, 2.05) is 36.4 Å². The highest BCUT2D eigenvalue weighted by molar-refractivity contribution is 8.18. The Morgan fingerprint density at radius 1 is 1.21 bits per heavy atom. The van der Waals surface area contributed by atoms with Gasteiger partial charge in [0.05, 0.1) is 23.7 Å². The fourth-order valence-corrected chi connectivity index (χ4v) is 5.96. The Bertz CT molecular complexity index is 1080. The third kappa shape index (κ3) is 4.87. The second kappa shape index (κ2) is 9.74. The zero-order chi connectivity index (χ0) is 23.6. The number of para-hydroxylation sites is 1. The summed E-state index contributed by atoms with van der Waals surface area (Å²) in [6.07, 6.45) is 3.11. The summed E-state index contributed by atoms with van der Waals surface area (Å²) >= 11 is 1.43. The summed E-state index contributed by atoms with van der Waals surface area (Å²) in [6.45, 7) is 11.1. The number of benzene rings is 2. The van der Waals surface area contributed by atoms with Gasteiger partial charge >= 0.3 is 0 Å². The summed E-state index contributed by atoms with van der Waals surface area (Å²) < 4.78 is 5.23. The van der Waals surface area contributed by atoms with E-state index in [0.29, 0.717) is 29.1 Å². The lowest BCUT2D eigenvalue weighted by atomic mass is 9.79. The average molecular weight is 464 g/mol. The maximum absolute atomic E-state index is 13.2. The highest BCUT2D eigenvalue weighted by Crippen LogP contribution is 2.44. The lowest BCUT2D eigenvalue weighted by molar-refractivity contribution is -0.122. The van der Waals surface area contributed by atoms with Gasteiger partial charge in [-0.15, -0.1) is 0 Å². The third-order valence-corrected chi connectivity index (χ3v) is 7.42. The zero-order valence-electron chi connectivity index (χ0n) is 20.2. The monoisotopic (exact) mass is 463 g/mol. The van der Waals surface area contributed by atoms with Crippen LogP contribution >= 0.6 is 11.8 Å². The van der Waals surface area contributed by atoms with Crippen LogP contribution in [0.25, 0.3) is 6.08 Å². The Labute approximate surface area is 201 Å². The minimum atomic E-state index is -0.0196. The van der Waals surface area contributed by atoms with Crippen molar-refractivity contribution in [2.75, 3.05) is 31.7 Å². The normalized spacial score (nSPS) is 22.3. The van der Waals surface area contributed by atoms with Crippen molar-refractivity contribution in [2.24, 2.45) is 4.99 Å². The molecule has 33 heavy (non-hydrogen) atoms. The molecule has 0 N–H and O–H groups in total. The molecule has 1 amide bonds. The lowest BCUT2D eigenvalue weighted by Crippen LogP contribution is -2.48. The van der Waals surface area contributed by atoms with Gasteiger partial charge in [0.2, 0.25) is 0 Å². The van der Waals surface area contributed by atoms with Gasteiger partial charge in [0.15, 0.2) is 5.17 Å². The number of ether oxygens (including phenoxy) is 1. The van der Waals surface area contributed by atoms with E-state index in [4.69, 9.17) is 9.73 Å². The topological polar surface area (TPSA) is 45.1 Å². The first kappa shape index (κ1) is 23.6. The molecule has 2 aliphatic rings. The van der Waals surface area contributed by atoms with Crippen molar-refractivity contribution in [3.05, 3.63) is 64.6 Å². The number of carbonyl (C=O) groups is 1. The number of amides is 1. The fraction of sp³-hybridized carbons (Fsp3) is 0.407. The first-order chi connectivity index (χ1) is 15.8.